The van der Waals surface area contributed by atoms with Crippen molar-refractivity contribution in [2.24, 2.45) is 5.92 Å². The summed E-state index contributed by atoms with van der Waals surface area (Å²) in [6.07, 6.45) is 3.58. The molecule has 118 valence electrons. The highest BCUT2D eigenvalue weighted by Crippen LogP contribution is 2.21. The van der Waals surface area contributed by atoms with Crippen molar-refractivity contribution in [2.75, 3.05) is 11.9 Å². The van der Waals surface area contributed by atoms with Gasteiger partial charge in [0.05, 0.1) is 18.2 Å². The second-order valence-corrected chi connectivity index (χ2v) is 5.70. The number of carbonyl (C=O) groups excluding carboxylic acids is 2. The molecule has 6 nitrogen and oxygen atoms in total. The Balaban J connectivity index is 1.61. The van der Waals surface area contributed by atoms with E-state index in [1.807, 2.05) is 31.2 Å². The molecule has 0 saturated carbocycles. The SMILES string of the molecule is Cc1ccnc(NC(=O)[C@H]2CC(=O)N(Cc3ccccn3)C2)c1. The van der Waals surface area contributed by atoms with E-state index in [1.54, 1.807) is 23.4 Å². The van der Waals surface area contributed by atoms with Gasteiger partial charge in [-0.3, -0.25) is 14.6 Å². The topological polar surface area (TPSA) is 75.2 Å². The number of pyridine rings is 2. The molecule has 0 spiro atoms. The largest absolute Gasteiger partial charge is 0.336 e. The van der Waals surface area contributed by atoms with E-state index in [0.29, 0.717) is 18.9 Å². The van der Waals surface area contributed by atoms with Gasteiger partial charge in [-0.25, -0.2) is 4.98 Å². The highest BCUT2D eigenvalue weighted by Gasteiger charge is 2.34. The minimum Gasteiger partial charge on any atom is -0.336 e. The number of nitrogens with zero attached hydrogens (tertiary/aromatic N) is 3. The van der Waals surface area contributed by atoms with E-state index in [4.69, 9.17) is 0 Å². The molecule has 0 radical (unpaired) electrons. The van der Waals surface area contributed by atoms with E-state index in [1.165, 1.54) is 0 Å². The molecule has 1 saturated heterocycles. The van der Waals surface area contributed by atoms with Crippen molar-refractivity contribution in [1.82, 2.24) is 14.9 Å². The maximum Gasteiger partial charge on any atom is 0.230 e. The number of carbonyl (C=O) groups is 2. The maximum absolute atomic E-state index is 12.3. The van der Waals surface area contributed by atoms with Gasteiger partial charge >= 0.3 is 0 Å². The van der Waals surface area contributed by atoms with Crippen molar-refractivity contribution in [3.63, 3.8) is 0 Å². The fourth-order valence-corrected chi connectivity index (χ4v) is 2.62. The standard InChI is InChI=1S/C17H18N4O2/c1-12-5-7-19-15(8-12)20-17(23)13-9-16(22)21(10-13)11-14-4-2-3-6-18-14/h2-8,13H,9-11H2,1H3,(H,19,20,23)/t13-/m0/s1. The van der Waals surface area contributed by atoms with Crippen LogP contribution in [-0.2, 0) is 16.1 Å². The van der Waals surface area contributed by atoms with Crippen LogP contribution in [0.1, 0.15) is 17.7 Å². The van der Waals surface area contributed by atoms with E-state index >= 15 is 0 Å². The van der Waals surface area contributed by atoms with Crippen LogP contribution < -0.4 is 5.32 Å². The first kappa shape index (κ1) is 15.1. The van der Waals surface area contributed by atoms with Crippen molar-refractivity contribution >= 4 is 17.6 Å². The van der Waals surface area contributed by atoms with Crippen LogP contribution in [0.15, 0.2) is 42.7 Å². The number of rotatable bonds is 4. The normalized spacial score (nSPS) is 17.3. The Morgan fingerprint density at radius 1 is 1.30 bits per heavy atom. The second-order valence-electron chi connectivity index (χ2n) is 5.70. The van der Waals surface area contributed by atoms with Gasteiger partial charge in [-0.2, -0.15) is 0 Å². The molecule has 1 N–H and O–H groups in total. The quantitative estimate of drug-likeness (QED) is 0.934. The summed E-state index contributed by atoms with van der Waals surface area (Å²) >= 11 is 0. The lowest BCUT2D eigenvalue weighted by Crippen LogP contribution is -2.28. The van der Waals surface area contributed by atoms with Gasteiger partial charge in [0.2, 0.25) is 11.8 Å². The Morgan fingerprint density at radius 2 is 2.17 bits per heavy atom. The molecule has 3 rings (SSSR count). The third kappa shape index (κ3) is 3.71. The maximum atomic E-state index is 12.3. The van der Waals surface area contributed by atoms with Crippen molar-refractivity contribution in [3.8, 4) is 0 Å². The van der Waals surface area contributed by atoms with Crippen LogP contribution in [0.2, 0.25) is 0 Å². The molecule has 1 fully saturated rings. The van der Waals surface area contributed by atoms with Crippen LogP contribution >= 0.6 is 0 Å². The average Bonchev–Trinajstić information content (AvgIpc) is 2.89. The molecule has 0 unspecified atom stereocenters. The Labute approximate surface area is 134 Å². The zero-order valence-electron chi connectivity index (χ0n) is 12.9. The van der Waals surface area contributed by atoms with Gasteiger partial charge in [-0.15, -0.1) is 0 Å². The van der Waals surface area contributed by atoms with Crippen LogP contribution in [0.5, 0.6) is 0 Å². The van der Waals surface area contributed by atoms with E-state index in [2.05, 4.69) is 15.3 Å². The van der Waals surface area contributed by atoms with E-state index in [0.717, 1.165) is 11.3 Å². The van der Waals surface area contributed by atoms with E-state index < -0.39 is 0 Å². The average molecular weight is 310 g/mol. The summed E-state index contributed by atoms with van der Waals surface area (Å²) in [6.45, 7) is 2.78. The predicted octanol–water partition coefficient (Wildman–Crippen LogP) is 1.77. The van der Waals surface area contributed by atoms with Gasteiger partial charge in [0, 0.05) is 25.4 Å². The first-order chi connectivity index (χ1) is 11.1. The summed E-state index contributed by atoms with van der Waals surface area (Å²) in [5.74, 6) is -0.0212. The van der Waals surface area contributed by atoms with Gasteiger partial charge in [0.1, 0.15) is 5.82 Å². The van der Waals surface area contributed by atoms with Crippen molar-refractivity contribution in [2.45, 2.75) is 19.9 Å². The molecule has 6 heteroatoms. The molecule has 0 bridgehead atoms. The smallest absolute Gasteiger partial charge is 0.230 e. The minimum atomic E-state index is -0.353. The summed E-state index contributed by atoms with van der Waals surface area (Å²) in [5.41, 5.74) is 1.84. The molecule has 1 aliphatic rings. The number of amides is 2. The van der Waals surface area contributed by atoms with Crippen molar-refractivity contribution < 1.29 is 9.59 Å². The molecule has 0 aromatic carbocycles. The molecule has 1 aliphatic heterocycles. The number of aryl methyl sites for hydroxylation is 1. The molecule has 0 aliphatic carbocycles. The molecule has 1 atom stereocenters. The Morgan fingerprint density at radius 3 is 2.91 bits per heavy atom. The van der Waals surface area contributed by atoms with Crippen molar-refractivity contribution in [3.05, 3.63) is 54.0 Å². The first-order valence-corrected chi connectivity index (χ1v) is 7.53. The van der Waals surface area contributed by atoms with Gasteiger partial charge in [0.15, 0.2) is 0 Å². The number of nitrogens with one attached hydrogen (secondary N) is 1. The zero-order valence-corrected chi connectivity index (χ0v) is 12.9. The highest BCUT2D eigenvalue weighted by molar-refractivity contribution is 5.96. The number of likely N-dealkylation sites (tertiary alicyclic amines) is 1. The van der Waals surface area contributed by atoms with Gasteiger partial charge < -0.3 is 10.2 Å². The molecule has 2 amide bonds. The summed E-state index contributed by atoms with van der Waals surface area (Å²) < 4.78 is 0. The Kier molecular flexibility index (Phi) is 4.32. The zero-order chi connectivity index (χ0) is 16.2. The first-order valence-electron chi connectivity index (χ1n) is 7.53. The molecule has 2 aromatic rings. The van der Waals surface area contributed by atoms with Gasteiger partial charge in [-0.05, 0) is 36.8 Å². The third-order valence-electron chi connectivity index (χ3n) is 3.83. The predicted molar refractivity (Wildman–Crippen MR) is 85.4 cm³/mol. The Bertz CT molecular complexity index is 718. The van der Waals surface area contributed by atoms with Crippen LogP contribution in [-0.4, -0.2) is 33.2 Å². The summed E-state index contributed by atoms with van der Waals surface area (Å²) in [4.78, 5) is 34.4. The van der Waals surface area contributed by atoms with E-state index in [-0.39, 0.29) is 24.2 Å². The fraction of sp³-hybridized carbons (Fsp3) is 0.294. The highest BCUT2D eigenvalue weighted by atomic mass is 16.2. The third-order valence-corrected chi connectivity index (χ3v) is 3.83. The monoisotopic (exact) mass is 310 g/mol. The minimum absolute atomic E-state index is 0.0204. The number of hydrogen-bond acceptors (Lipinski definition) is 4. The van der Waals surface area contributed by atoms with Crippen molar-refractivity contribution in [1.29, 1.82) is 0 Å². The van der Waals surface area contributed by atoms with Crippen LogP contribution in [0.3, 0.4) is 0 Å². The molecule has 3 heterocycles. The molecular weight excluding hydrogens is 292 g/mol. The van der Waals surface area contributed by atoms with Gasteiger partial charge in [0.25, 0.3) is 0 Å². The molecular formula is C17H18N4O2. The molecule has 23 heavy (non-hydrogen) atoms. The van der Waals surface area contributed by atoms with Crippen LogP contribution in [0, 0.1) is 12.8 Å². The summed E-state index contributed by atoms with van der Waals surface area (Å²) in [6, 6.07) is 9.26. The van der Waals surface area contributed by atoms with E-state index in [9.17, 15) is 9.59 Å². The lowest BCUT2D eigenvalue weighted by Gasteiger charge is -2.16. The fourth-order valence-electron chi connectivity index (χ4n) is 2.62. The number of aromatic nitrogens is 2. The van der Waals surface area contributed by atoms with Gasteiger partial charge in [-0.1, -0.05) is 6.07 Å². The summed E-state index contributed by atoms with van der Waals surface area (Å²) in [5, 5.41) is 2.79. The second kappa shape index (κ2) is 6.56. The molecule has 2 aromatic heterocycles. The number of hydrogen-bond donors (Lipinski definition) is 1. The van der Waals surface area contributed by atoms with Crippen LogP contribution in [0.4, 0.5) is 5.82 Å². The van der Waals surface area contributed by atoms with Crippen LogP contribution in [0.25, 0.3) is 0 Å². The summed E-state index contributed by atoms with van der Waals surface area (Å²) in [7, 11) is 0. The lowest BCUT2D eigenvalue weighted by atomic mass is 10.1. The lowest BCUT2D eigenvalue weighted by molar-refractivity contribution is -0.128. The number of anilines is 1. The Hall–Kier alpha value is -2.76.